The summed E-state index contributed by atoms with van der Waals surface area (Å²) in [6, 6.07) is 0.503. The van der Waals surface area contributed by atoms with Crippen LogP contribution in [-0.4, -0.2) is 78.9 Å². The van der Waals surface area contributed by atoms with E-state index in [4.69, 9.17) is 10.5 Å². The molecule has 8 nitrogen and oxygen atoms in total. The number of hydrogen-bond donors (Lipinski definition) is 3. The maximum absolute atomic E-state index is 13.0. The van der Waals surface area contributed by atoms with Gasteiger partial charge in [0.2, 0.25) is 5.91 Å². The quantitative estimate of drug-likeness (QED) is 0.628. The minimum Gasteiger partial charge on any atom is -0.453 e. The summed E-state index contributed by atoms with van der Waals surface area (Å²) in [4.78, 5) is 29.4. The van der Waals surface area contributed by atoms with Crippen molar-refractivity contribution in [2.24, 2.45) is 17.6 Å². The maximum atomic E-state index is 13.0. The molecule has 0 bridgehead atoms. The second-order valence-corrected chi connectivity index (χ2v) is 8.73. The summed E-state index contributed by atoms with van der Waals surface area (Å²) in [5, 5.41) is 6.93. The van der Waals surface area contributed by atoms with E-state index in [-0.39, 0.29) is 36.3 Å². The van der Waals surface area contributed by atoms with Gasteiger partial charge in [0, 0.05) is 31.6 Å². The molecular weight excluding hydrogens is 346 g/mol. The smallest absolute Gasteiger partial charge is 0.410 e. The van der Waals surface area contributed by atoms with Gasteiger partial charge in [-0.2, -0.15) is 0 Å². The Morgan fingerprint density at radius 1 is 1.07 bits per heavy atom. The molecule has 0 spiro atoms. The molecule has 4 aliphatic rings. The Morgan fingerprint density at radius 3 is 2.48 bits per heavy atom. The molecule has 4 rings (SSSR count). The van der Waals surface area contributed by atoms with Crippen molar-refractivity contribution >= 4 is 12.0 Å². The first-order valence-corrected chi connectivity index (χ1v) is 10.4. The molecule has 2 saturated carbocycles. The van der Waals surface area contributed by atoms with E-state index in [2.05, 4.69) is 15.5 Å². The molecule has 2 aliphatic heterocycles. The van der Waals surface area contributed by atoms with Crippen molar-refractivity contribution in [2.75, 3.05) is 26.7 Å². The van der Waals surface area contributed by atoms with Gasteiger partial charge in [-0.1, -0.05) is 0 Å². The minimum absolute atomic E-state index is 0.00887. The monoisotopic (exact) mass is 379 g/mol. The molecule has 27 heavy (non-hydrogen) atoms. The highest BCUT2D eigenvalue weighted by Gasteiger charge is 2.50. The molecule has 2 amide bonds. The first-order chi connectivity index (χ1) is 13.0. The average Bonchev–Trinajstić information content (AvgIpc) is 3.52. The van der Waals surface area contributed by atoms with Crippen LogP contribution in [0, 0.1) is 11.8 Å². The molecule has 0 aromatic rings. The number of nitrogens with one attached hydrogen (secondary N) is 2. The topological polar surface area (TPSA) is 99.9 Å². The molecule has 2 heterocycles. The highest BCUT2D eigenvalue weighted by molar-refractivity contribution is 5.82. The van der Waals surface area contributed by atoms with E-state index in [0.29, 0.717) is 24.4 Å². The lowest BCUT2D eigenvalue weighted by Gasteiger charge is -2.54. The van der Waals surface area contributed by atoms with Crippen LogP contribution in [-0.2, 0) is 9.53 Å². The van der Waals surface area contributed by atoms with Crippen molar-refractivity contribution in [1.29, 1.82) is 0 Å². The Labute approximate surface area is 161 Å². The fourth-order valence-corrected chi connectivity index (χ4v) is 5.30. The summed E-state index contributed by atoms with van der Waals surface area (Å²) in [6.07, 6.45) is 4.65. The van der Waals surface area contributed by atoms with Gasteiger partial charge in [0.25, 0.3) is 0 Å². The van der Waals surface area contributed by atoms with Gasteiger partial charge in [0.1, 0.15) is 0 Å². The van der Waals surface area contributed by atoms with Crippen molar-refractivity contribution < 1.29 is 14.3 Å². The molecule has 4 N–H and O–H groups in total. The average molecular weight is 380 g/mol. The normalized spacial score (nSPS) is 39.7. The molecule has 5 unspecified atom stereocenters. The van der Waals surface area contributed by atoms with Gasteiger partial charge in [-0.3, -0.25) is 15.0 Å². The van der Waals surface area contributed by atoms with Crippen LogP contribution in [0.5, 0.6) is 0 Å². The Bertz CT molecular complexity index is 576. The van der Waals surface area contributed by atoms with Gasteiger partial charge in [0.15, 0.2) is 0 Å². The number of amides is 2. The molecule has 0 aromatic carbocycles. The van der Waals surface area contributed by atoms with Crippen molar-refractivity contribution in [2.45, 2.75) is 69.4 Å². The van der Waals surface area contributed by atoms with E-state index in [1.807, 2.05) is 11.8 Å². The standard InChI is InChI=1S/C19H33N5O3/c1-11-10-23(18(25)12-3-4-12)16-7-13(14-8-22-17(20)9-21-14)5-6-15(16)24(11)19(26)27-2/h11-17,21-22H,3-10,20H2,1-2H3/t11-,13?,14?,15?,16?,17?/m0/s1. The first-order valence-electron chi connectivity index (χ1n) is 10.4. The number of rotatable bonds is 2. The molecule has 2 aliphatic carbocycles. The van der Waals surface area contributed by atoms with Crippen molar-refractivity contribution in [3.05, 3.63) is 0 Å². The Balaban J connectivity index is 1.53. The van der Waals surface area contributed by atoms with Crippen molar-refractivity contribution in [1.82, 2.24) is 20.4 Å². The van der Waals surface area contributed by atoms with Gasteiger partial charge in [0.05, 0.1) is 31.4 Å². The molecule has 6 atom stereocenters. The number of carbonyl (C=O) groups is 2. The van der Waals surface area contributed by atoms with Crippen LogP contribution in [0.15, 0.2) is 0 Å². The fraction of sp³-hybridized carbons (Fsp3) is 0.895. The zero-order valence-electron chi connectivity index (χ0n) is 16.4. The summed E-state index contributed by atoms with van der Waals surface area (Å²) in [7, 11) is 1.44. The largest absolute Gasteiger partial charge is 0.453 e. The Morgan fingerprint density at radius 2 is 1.85 bits per heavy atom. The van der Waals surface area contributed by atoms with Gasteiger partial charge in [-0.05, 0) is 44.9 Å². The molecule has 2 saturated heterocycles. The zero-order valence-corrected chi connectivity index (χ0v) is 16.4. The van der Waals surface area contributed by atoms with Crippen LogP contribution < -0.4 is 16.4 Å². The molecule has 4 fully saturated rings. The fourth-order valence-electron chi connectivity index (χ4n) is 5.30. The van der Waals surface area contributed by atoms with Gasteiger partial charge in [-0.25, -0.2) is 4.79 Å². The van der Waals surface area contributed by atoms with Gasteiger partial charge in [-0.15, -0.1) is 0 Å². The van der Waals surface area contributed by atoms with E-state index in [1.165, 1.54) is 7.11 Å². The Hall–Kier alpha value is -1.38. The van der Waals surface area contributed by atoms with Crippen LogP contribution in [0.2, 0.25) is 0 Å². The number of carbonyl (C=O) groups excluding carboxylic acids is 2. The highest BCUT2D eigenvalue weighted by Crippen LogP contribution is 2.40. The molecular formula is C19H33N5O3. The number of nitrogens with two attached hydrogens (primary N) is 1. The number of fused-ring (bicyclic) bond motifs is 1. The summed E-state index contributed by atoms with van der Waals surface area (Å²) >= 11 is 0. The van der Waals surface area contributed by atoms with Crippen LogP contribution in [0.1, 0.15) is 39.0 Å². The summed E-state index contributed by atoms with van der Waals surface area (Å²) in [5.41, 5.74) is 5.93. The summed E-state index contributed by atoms with van der Waals surface area (Å²) in [6.45, 7) is 4.27. The van der Waals surface area contributed by atoms with Crippen LogP contribution in [0.4, 0.5) is 4.79 Å². The van der Waals surface area contributed by atoms with E-state index in [1.54, 1.807) is 0 Å². The van der Waals surface area contributed by atoms with E-state index in [0.717, 1.165) is 45.2 Å². The lowest BCUT2D eigenvalue weighted by molar-refractivity contribution is -0.144. The molecule has 0 radical (unpaired) electrons. The predicted octanol–water partition coefficient (Wildman–Crippen LogP) is 0.0790. The second kappa shape index (κ2) is 7.56. The first kappa shape index (κ1) is 19.0. The van der Waals surface area contributed by atoms with Crippen molar-refractivity contribution in [3.63, 3.8) is 0 Å². The number of ether oxygens (including phenoxy) is 1. The van der Waals surface area contributed by atoms with Crippen molar-refractivity contribution in [3.8, 4) is 0 Å². The lowest BCUT2D eigenvalue weighted by Crippen LogP contribution is -2.69. The predicted molar refractivity (Wildman–Crippen MR) is 101 cm³/mol. The Kier molecular flexibility index (Phi) is 5.31. The molecule has 8 heteroatoms. The van der Waals surface area contributed by atoms with Crippen LogP contribution >= 0.6 is 0 Å². The van der Waals surface area contributed by atoms with Gasteiger partial charge >= 0.3 is 6.09 Å². The second-order valence-electron chi connectivity index (χ2n) is 8.73. The van der Waals surface area contributed by atoms with E-state index in [9.17, 15) is 9.59 Å². The maximum Gasteiger partial charge on any atom is 0.410 e. The van der Waals surface area contributed by atoms with Crippen LogP contribution in [0.25, 0.3) is 0 Å². The minimum atomic E-state index is -0.266. The molecule has 152 valence electrons. The molecule has 0 aromatic heterocycles. The zero-order chi connectivity index (χ0) is 19.1. The van der Waals surface area contributed by atoms with E-state index >= 15 is 0 Å². The third-order valence-corrected chi connectivity index (χ3v) is 6.88. The lowest BCUT2D eigenvalue weighted by atomic mass is 9.75. The van der Waals surface area contributed by atoms with E-state index < -0.39 is 0 Å². The highest BCUT2D eigenvalue weighted by atomic mass is 16.5. The third-order valence-electron chi connectivity index (χ3n) is 6.88. The number of hydrogen-bond acceptors (Lipinski definition) is 6. The number of nitrogens with zero attached hydrogens (tertiary/aromatic N) is 2. The third kappa shape index (κ3) is 3.67. The summed E-state index contributed by atoms with van der Waals surface area (Å²) < 4.78 is 5.07. The SMILES string of the molecule is COC(=O)N1C2CCC(C3CNC(N)CN3)CC2N(C(=O)C2CC2)C[C@@H]1C. The van der Waals surface area contributed by atoms with Crippen LogP contribution in [0.3, 0.4) is 0 Å². The number of methoxy groups -OCH3 is 1. The summed E-state index contributed by atoms with van der Waals surface area (Å²) in [5.74, 6) is 0.975. The van der Waals surface area contributed by atoms with Gasteiger partial charge < -0.3 is 20.7 Å². The number of piperazine rings is 2.